The quantitative estimate of drug-likeness (QED) is 0.806. The van der Waals surface area contributed by atoms with Crippen molar-refractivity contribution in [2.24, 2.45) is 5.73 Å². The van der Waals surface area contributed by atoms with Crippen molar-refractivity contribution in [3.63, 3.8) is 0 Å². The number of rotatable bonds is 7. The molecule has 2 aromatic carbocycles. The summed E-state index contributed by atoms with van der Waals surface area (Å²) in [7, 11) is 0. The third-order valence-corrected chi connectivity index (χ3v) is 4.19. The van der Waals surface area contributed by atoms with E-state index in [9.17, 15) is 9.59 Å². The van der Waals surface area contributed by atoms with Gasteiger partial charge in [0.1, 0.15) is 5.75 Å². The number of amides is 2. The highest BCUT2D eigenvalue weighted by Crippen LogP contribution is 2.21. The van der Waals surface area contributed by atoms with Crippen LogP contribution in [0.3, 0.4) is 0 Å². The number of carbonyl (C=O) groups excluding carboxylic acids is 2. The average molecular weight is 340 g/mol. The lowest BCUT2D eigenvalue weighted by atomic mass is 9.99. The summed E-state index contributed by atoms with van der Waals surface area (Å²) < 4.78 is 5.61. The Labute approximate surface area is 148 Å². The van der Waals surface area contributed by atoms with Gasteiger partial charge in [0, 0.05) is 5.69 Å². The van der Waals surface area contributed by atoms with Crippen molar-refractivity contribution in [1.29, 1.82) is 0 Å². The Bertz CT molecular complexity index is 741. The zero-order valence-corrected chi connectivity index (χ0v) is 14.8. The number of carbonyl (C=O) groups is 2. The Kier molecular flexibility index (Phi) is 6.17. The van der Waals surface area contributed by atoms with Crippen LogP contribution in [0.4, 0.5) is 5.69 Å². The number of hydrogen-bond acceptors (Lipinski definition) is 3. The number of primary amides is 1. The lowest BCUT2D eigenvalue weighted by molar-refractivity contribution is -0.122. The van der Waals surface area contributed by atoms with Crippen molar-refractivity contribution in [2.45, 2.75) is 39.2 Å². The van der Waals surface area contributed by atoms with E-state index < -0.39 is 12.0 Å². The molecule has 2 aromatic rings. The van der Waals surface area contributed by atoms with Gasteiger partial charge >= 0.3 is 0 Å². The first-order valence-electron chi connectivity index (χ1n) is 8.38. The zero-order valence-electron chi connectivity index (χ0n) is 14.8. The third kappa shape index (κ3) is 4.83. The molecule has 0 aromatic heterocycles. The van der Waals surface area contributed by atoms with E-state index in [1.807, 2.05) is 24.3 Å². The maximum absolute atomic E-state index is 12.3. The Morgan fingerprint density at radius 2 is 1.72 bits per heavy atom. The molecule has 2 amide bonds. The van der Waals surface area contributed by atoms with Crippen LogP contribution in [0, 0.1) is 0 Å². The number of anilines is 1. The fraction of sp³-hybridized carbons (Fsp3) is 0.300. The SMILES string of the molecule is CCC(C)c1ccc(NC(=O)C(C)Oc2ccccc2C(N)=O)cc1. The molecule has 0 aliphatic heterocycles. The predicted octanol–water partition coefficient (Wildman–Crippen LogP) is 3.71. The van der Waals surface area contributed by atoms with Gasteiger partial charge in [-0.3, -0.25) is 9.59 Å². The molecule has 25 heavy (non-hydrogen) atoms. The van der Waals surface area contributed by atoms with Crippen LogP contribution in [-0.4, -0.2) is 17.9 Å². The van der Waals surface area contributed by atoms with Crippen LogP contribution < -0.4 is 15.8 Å². The third-order valence-electron chi connectivity index (χ3n) is 4.19. The molecule has 3 N–H and O–H groups in total. The number of nitrogens with two attached hydrogens (primary N) is 1. The van der Waals surface area contributed by atoms with Crippen LogP contribution in [0.1, 0.15) is 49.0 Å². The normalized spacial score (nSPS) is 12.9. The van der Waals surface area contributed by atoms with Gasteiger partial charge in [0.25, 0.3) is 11.8 Å². The summed E-state index contributed by atoms with van der Waals surface area (Å²) in [5, 5.41) is 2.81. The first-order chi connectivity index (χ1) is 11.9. The molecular weight excluding hydrogens is 316 g/mol. The second kappa shape index (κ2) is 8.33. The summed E-state index contributed by atoms with van der Waals surface area (Å²) in [5.41, 5.74) is 7.51. The van der Waals surface area contributed by atoms with Gasteiger partial charge in [-0.2, -0.15) is 0 Å². The van der Waals surface area contributed by atoms with E-state index in [4.69, 9.17) is 10.5 Å². The highest BCUT2D eigenvalue weighted by Gasteiger charge is 2.18. The summed E-state index contributed by atoms with van der Waals surface area (Å²) in [4.78, 5) is 23.7. The van der Waals surface area contributed by atoms with Crippen molar-refractivity contribution >= 4 is 17.5 Å². The van der Waals surface area contributed by atoms with Crippen LogP contribution in [0.15, 0.2) is 48.5 Å². The Morgan fingerprint density at radius 1 is 1.08 bits per heavy atom. The number of hydrogen-bond donors (Lipinski definition) is 2. The first-order valence-corrected chi connectivity index (χ1v) is 8.38. The van der Waals surface area contributed by atoms with Crippen LogP contribution in [0.25, 0.3) is 0 Å². The molecule has 2 rings (SSSR count). The van der Waals surface area contributed by atoms with Gasteiger partial charge in [-0.15, -0.1) is 0 Å². The molecule has 0 aliphatic rings. The molecule has 5 nitrogen and oxygen atoms in total. The topological polar surface area (TPSA) is 81.4 Å². The van der Waals surface area contributed by atoms with Gasteiger partial charge < -0.3 is 15.8 Å². The minimum absolute atomic E-state index is 0.250. The molecule has 0 fully saturated rings. The summed E-state index contributed by atoms with van der Waals surface area (Å²) in [6.45, 7) is 5.93. The molecule has 0 spiro atoms. The highest BCUT2D eigenvalue weighted by molar-refractivity contribution is 5.96. The van der Waals surface area contributed by atoms with E-state index in [2.05, 4.69) is 19.2 Å². The number of ether oxygens (including phenoxy) is 1. The minimum Gasteiger partial charge on any atom is -0.480 e. The van der Waals surface area contributed by atoms with Gasteiger partial charge in [0.15, 0.2) is 6.10 Å². The summed E-state index contributed by atoms with van der Waals surface area (Å²) in [6.07, 6.45) is 0.297. The van der Waals surface area contributed by atoms with Gasteiger partial charge in [-0.05, 0) is 49.1 Å². The van der Waals surface area contributed by atoms with Gasteiger partial charge in [0.05, 0.1) is 5.56 Å². The first kappa shape index (κ1) is 18.5. The maximum Gasteiger partial charge on any atom is 0.265 e. The molecule has 0 bridgehead atoms. The molecule has 2 unspecified atom stereocenters. The number of nitrogens with one attached hydrogen (secondary N) is 1. The van der Waals surface area contributed by atoms with Crippen LogP contribution in [0.2, 0.25) is 0 Å². The van der Waals surface area contributed by atoms with Gasteiger partial charge in [-0.25, -0.2) is 0 Å². The number of benzene rings is 2. The molecule has 0 aliphatic carbocycles. The van der Waals surface area contributed by atoms with Crippen LogP contribution >= 0.6 is 0 Å². The summed E-state index contributed by atoms with van der Waals surface area (Å²) >= 11 is 0. The van der Waals surface area contributed by atoms with Crippen molar-refractivity contribution in [3.8, 4) is 5.75 Å². The molecule has 132 valence electrons. The predicted molar refractivity (Wildman–Crippen MR) is 98.8 cm³/mol. The second-order valence-electron chi connectivity index (χ2n) is 6.04. The second-order valence-corrected chi connectivity index (χ2v) is 6.04. The molecule has 2 atom stereocenters. The Hall–Kier alpha value is -2.82. The minimum atomic E-state index is -0.769. The average Bonchev–Trinajstić information content (AvgIpc) is 2.61. The number of para-hydroxylation sites is 1. The van der Waals surface area contributed by atoms with E-state index in [0.717, 1.165) is 6.42 Å². The standard InChI is InChI=1S/C20H24N2O3/c1-4-13(2)15-9-11-16(12-10-15)22-20(24)14(3)25-18-8-6-5-7-17(18)19(21)23/h5-14H,4H2,1-3H3,(H2,21,23)(H,22,24). The summed E-state index contributed by atoms with van der Waals surface area (Å²) in [5.74, 6) is -0.110. The molecule has 0 radical (unpaired) electrons. The Morgan fingerprint density at radius 3 is 2.32 bits per heavy atom. The molecular formula is C20H24N2O3. The van der Waals surface area contributed by atoms with Crippen LogP contribution in [0.5, 0.6) is 5.75 Å². The molecule has 0 saturated carbocycles. The van der Waals surface area contributed by atoms with Crippen molar-refractivity contribution in [3.05, 3.63) is 59.7 Å². The monoisotopic (exact) mass is 340 g/mol. The van der Waals surface area contributed by atoms with Crippen LogP contribution in [-0.2, 0) is 4.79 Å². The van der Waals surface area contributed by atoms with E-state index in [0.29, 0.717) is 17.4 Å². The van der Waals surface area contributed by atoms with E-state index >= 15 is 0 Å². The fourth-order valence-electron chi connectivity index (χ4n) is 2.39. The van der Waals surface area contributed by atoms with E-state index in [1.54, 1.807) is 31.2 Å². The fourth-order valence-corrected chi connectivity index (χ4v) is 2.39. The van der Waals surface area contributed by atoms with E-state index in [-0.39, 0.29) is 11.5 Å². The van der Waals surface area contributed by atoms with E-state index in [1.165, 1.54) is 5.56 Å². The molecule has 5 heteroatoms. The maximum atomic E-state index is 12.3. The molecule has 0 saturated heterocycles. The largest absolute Gasteiger partial charge is 0.480 e. The zero-order chi connectivity index (χ0) is 18.4. The van der Waals surface area contributed by atoms with Gasteiger partial charge in [0.2, 0.25) is 0 Å². The lowest BCUT2D eigenvalue weighted by Gasteiger charge is -2.17. The lowest BCUT2D eigenvalue weighted by Crippen LogP contribution is -2.30. The Balaban J connectivity index is 2.02. The summed E-state index contributed by atoms with van der Waals surface area (Å²) in [6, 6.07) is 14.4. The van der Waals surface area contributed by atoms with Crippen molar-refractivity contribution in [1.82, 2.24) is 0 Å². The smallest absolute Gasteiger partial charge is 0.265 e. The highest BCUT2D eigenvalue weighted by atomic mass is 16.5. The molecule has 0 heterocycles. The van der Waals surface area contributed by atoms with Crippen molar-refractivity contribution in [2.75, 3.05) is 5.32 Å². The van der Waals surface area contributed by atoms with Gasteiger partial charge in [-0.1, -0.05) is 38.1 Å². The van der Waals surface area contributed by atoms with Crippen molar-refractivity contribution < 1.29 is 14.3 Å².